The molecule has 3 nitrogen and oxygen atoms in total. The van der Waals surface area contributed by atoms with E-state index in [9.17, 15) is 0 Å². The topological polar surface area (TPSA) is 28.2 Å². The quantitative estimate of drug-likeness (QED) is 0.819. The molecule has 2 aliphatic carbocycles. The Hall–Kier alpha value is -1.19. The van der Waals surface area contributed by atoms with E-state index in [0.29, 0.717) is 0 Å². The number of allylic oxidation sites excluding steroid dienone is 2. The molecule has 2 heterocycles. The molecule has 0 amide bonds. The van der Waals surface area contributed by atoms with Crippen molar-refractivity contribution in [1.82, 2.24) is 15.2 Å². The molecule has 1 aromatic rings. The van der Waals surface area contributed by atoms with E-state index >= 15 is 0 Å². The standard InChI is InChI=1S/C20H29N3/c1-2-18-13-17(1)14-19(18)15-22-20-6-11-23(12-7-20)10-5-16-3-8-21-9-4-16/h1-4,8-9,17-20,22H,5-7,10-15H2/t17-,18-,19-/m0/s1. The summed E-state index contributed by atoms with van der Waals surface area (Å²) in [5.41, 5.74) is 1.41. The van der Waals surface area contributed by atoms with Gasteiger partial charge in [0, 0.05) is 25.0 Å². The summed E-state index contributed by atoms with van der Waals surface area (Å²) in [6.45, 7) is 4.93. The first-order valence-electron chi connectivity index (χ1n) is 9.40. The molecule has 0 spiro atoms. The zero-order valence-electron chi connectivity index (χ0n) is 14.0. The lowest BCUT2D eigenvalue weighted by molar-refractivity contribution is 0.195. The largest absolute Gasteiger partial charge is 0.314 e. The van der Waals surface area contributed by atoms with E-state index in [2.05, 4.69) is 39.5 Å². The summed E-state index contributed by atoms with van der Waals surface area (Å²) in [6, 6.07) is 5.02. The fourth-order valence-corrected chi connectivity index (χ4v) is 4.64. The summed E-state index contributed by atoms with van der Waals surface area (Å²) in [4.78, 5) is 6.72. The lowest BCUT2D eigenvalue weighted by Gasteiger charge is -2.33. The molecule has 1 saturated carbocycles. The number of nitrogens with zero attached hydrogens (tertiary/aromatic N) is 2. The Morgan fingerprint density at radius 1 is 1.09 bits per heavy atom. The minimum absolute atomic E-state index is 0.746. The number of pyridine rings is 1. The van der Waals surface area contributed by atoms with E-state index in [4.69, 9.17) is 0 Å². The van der Waals surface area contributed by atoms with Crippen LogP contribution in [0.4, 0.5) is 0 Å². The Labute approximate surface area is 140 Å². The summed E-state index contributed by atoms with van der Waals surface area (Å²) >= 11 is 0. The molecule has 2 bridgehead atoms. The highest BCUT2D eigenvalue weighted by Crippen LogP contribution is 2.43. The van der Waals surface area contributed by atoms with Crippen LogP contribution in [0.2, 0.25) is 0 Å². The monoisotopic (exact) mass is 311 g/mol. The molecule has 1 aliphatic heterocycles. The first-order chi connectivity index (χ1) is 11.4. The first-order valence-corrected chi connectivity index (χ1v) is 9.40. The molecule has 0 unspecified atom stereocenters. The number of hydrogen-bond donors (Lipinski definition) is 1. The van der Waals surface area contributed by atoms with Gasteiger partial charge < -0.3 is 10.2 Å². The van der Waals surface area contributed by atoms with Crippen molar-refractivity contribution in [2.24, 2.45) is 17.8 Å². The lowest BCUT2D eigenvalue weighted by Crippen LogP contribution is -2.44. The molecule has 1 N–H and O–H groups in total. The predicted octanol–water partition coefficient (Wildman–Crippen LogP) is 2.89. The van der Waals surface area contributed by atoms with Crippen molar-refractivity contribution in [3.63, 3.8) is 0 Å². The van der Waals surface area contributed by atoms with Crippen LogP contribution >= 0.6 is 0 Å². The van der Waals surface area contributed by atoms with Crippen LogP contribution in [0.15, 0.2) is 36.7 Å². The van der Waals surface area contributed by atoms with Gasteiger partial charge in [0.05, 0.1) is 0 Å². The summed E-state index contributed by atoms with van der Waals surface area (Å²) in [6.07, 6.45) is 15.4. The highest BCUT2D eigenvalue weighted by Gasteiger charge is 2.35. The van der Waals surface area contributed by atoms with Crippen LogP contribution in [0.1, 0.15) is 31.2 Å². The van der Waals surface area contributed by atoms with Crippen molar-refractivity contribution in [2.75, 3.05) is 26.2 Å². The van der Waals surface area contributed by atoms with Gasteiger partial charge in [0.15, 0.2) is 0 Å². The minimum Gasteiger partial charge on any atom is -0.314 e. The van der Waals surface area contributed by atoms with Crippen molar-refractivity contribution >= 4 is 0 Å². The number of nitrogens with one attached hydrogen (secondary N) is 1. The molecule has 124 valence electrons. The van der Waals surface area contributed by atoms with Crippen molar-refractivity contribution in [3.05, 3.63) is 42.2 Å². The fourth-order valence-electron chi connectivity index (χ4n) is 4.64. The maximum absolute atomic E-state index is 4.09. The third kappa shape index (κ3) is 3.84. The third-order valence-corrected chi connectivity index (χ3v) is 6.14. The number of piperidine rings is 1. The Balaban J connectivity index is 1.14. The van der Waals surface area contributed by atoms with Gasteiger partial charge in [0.2, 0.25) is 0 Å². The molecule has 2 fully saturated rings. The zero-order valence-corrected chi connectivity index (χ0v) is 14.0. The van der Waals surface area contributed by atoms with E-state index in [1.54, 1.807) is 0 Å². The van der Waals surface area contributed by atoms with E-state index in [1.807, 2.05) is 12.4 Å². The third-order valence-electron chi connectivity index (χ3n) is 6.14. The molecule has 1 aromatic heterocycles. The summed E-state index contributed by atoms with van der Waals surface area (Å²) in [5.74, 6) is 2.70. The Bertz CT molecular complexity index is 519. The molecule has 3 heteroatoms. The highest BCUT2D eigenvalue weighted by molar-refractivity contribution is 5.11. The van der Waals surface area contributed by atoms with Crippen molar-refractivity contribution in [1.29, 1.82) is 0 Å². The summed E-state index contributed by atoms with van der Waals surface area (Å²) in [5, 5.41) is 3.87. The molecule has 1 saturated heterocycles. The smallest absolute Gasteiger partial charge is 0.0270 e. The van der Waals surface area contributed by atoms with Crippen LogP contribution in [0.3, 0.4) is 0 Å². The predicted molar refractivity (Wildman–Crippen MR) is 94.2 cm³/mol. The fraction of sp³-hybridized carbons (Fsp3) is 0.650. The molecular formula is C20H29N3. The van der Waals surface area contributed by atoms with E-state index in [1.165, 1.54) is 57.4 Å². The first kappa shape index (κ1) is 15.3. The zero-order chi connectivity index (χ0) is 15.5. The molecule has 4 rings (SSSR count). The van der Waals surface area contributed by atoms with Gasteiger partial charge in [-0.05, 0) is 87.2 Å². The number of likely N-dealkylation sites (tertiary alicyclic amines) is 1. The van der Waals surface area contributed by atoms with Crippen LogP contribution in [0.25, 0.3) is 0 Å². The molecule has 0 aromatic carbocycles. The number of aromatic nitrogens is 1. The van der Waals surface area contributed by atoms with Gasteiger partial charge in [0.25, 0.3) is 0 Å². The van der Waals surface area contributed by atoms with E-state index < -0.39 is 0 Å². The highest BCUT2D eigenvalue weighted by atomic mass is 15.1. The molecular weight excluding hydrogens is 282 g/mol. The Morgan fingerprint density at radius 3 is 2.61 bits per heavy atom. The van der Waals surface area contributed by atoms with Gasteiger partial charge in [-0.2, -0.15) is 0 Å². The molecule has 3 aliphatic rings. The minimum atomic E-state index is 0.746. The Kier molecular flexibility index (Phi) is 4.77. The van der Waals surface area contributed by atoms with Gasteiger partial charge in [-0.1, -0.05) is 12.2 Å². The molecule has 3 atom stereocenters. The number of rotatable bonds is 6. The maximum atomic E-state index is 4.09. The molecule has 23 heavy (non-hydrogen) atoms. The molecule has 0 radical (unpaired) electrons. The van der Waals surface area contributed by atoms with E-state index in [0.717, 1.165) is 30.2 Å². The van der Waals surface area contributed by atoms with Gasteiger partial charge in [-0.15, -0.1) is 0 Å². The SMILES string of the molecule is C1=C[C@H]2C[C@H]1C[C@H]2CNC1CCN(CCc2ccncc2)CC1. The van der Waals surface area contributed by atoms with Crippen LogP contribution in [-0.2, 0) is 6.42 Å². The van der Waals surface area contributed by atoms with Crippen molar-refractivity contribution in [2.45, 2.75) is 38.1 Å². The number of fused-ring (bicyclic) bond motifs is 2. The second-order valence-electron chi connectivity index (χ2n) is 7.67. The average Bonchev–Trinajstić information content (AvgIpc) is 3.23. The second kappa shape index (κ2) is 7.14. The second-order valence-corrected chi connectivity index (χ2v) is 7.67. The maximum Gasteiger partial charge on any atom is 0.0270 e. The van der Waals surface area contributed by atoms with Crippen LogP contribution < -0.4 is 5.32 Å². The van der Waals surface area contributed by atoms with E-state index in [-0.39, 0.29) is 0 Å². The van der Waals surface area contributed by atoms with Crippen LogP contribution in [0.5, 0.6) is 0 Å². The van der Waals surface area contributed by atoms with Gasteiger partial charge in [-0.3, -0.25) is 4.98 Å². The van der Waals surface area contributed by atoms with Crippen molar-refractivity contribution in [3.8, 4) is 0 Å². The van der Waals surface area contributed by atoms with Gasteiger partial charge >= 0.3 is 0 Å². The van der Waals surface area contributed by atoms with Crippen molar-refractivity contribution < 1.29 is 0 Å². The normalized spacial score (nSPS) is 31.0. The lowest BCUT2D eigenvalue weighted by atomic mass is 9.93. The number of hydrogen-bond acceptors (Lipinski definition) is 3. The van der Waals surface area contributed by atoms with Crippen LogP contribution in [-0.4, -0.2) is 42.1 Å². The van der Waals surface area contributed by atoms with Gasteiger partial charge in [-0.25, -0.2) is 0 Å². The summed E-state index contributed by atoms with van der Waals surface area (Å²) in [7, 11) is 0. The average molecular weight is 311 g/mol. The van der Waals surface area contributed by atoms with Crippen LogP contribution in [0, 0.1) is 17.8 Å². The Morgan fingerprint density at radius 2 is 1.91 bits per heavy atom. The summed E-state index contributed by atoms with van der Waals surface area (Å²) < 4.78 is 0. The van der Waals surface area contributed by atoms with Gasteiger partial charge in [0.1, 0.15) is 0 Å².